The number of nitrogens with zero attached hydrogens (tertiary/aromatic N) is 3. The Bertz CT molecular complexity index is 1100. The highest BCUT2D eigenvalue weighted by molar-refractivity contribution is 7.18. The summed E-state index contributed by atoms with van der Waals surface area (Å²) in [7, 11) is 0. The van der Waals surface area contributed by atoms with Crippen LogP contribution in [-0.4, -0.2) is 33.9 Å². The van der Waals surface area contributed by atoms with Crippen molar-refractivity contribution >= 4 is 33.3 Å². The number of aromatic nitrogens is 3. The zero-order chi connectivity index (χ0) is 20.4. The molecule has 0 radical (unpaired) electrons. The van der Waals surface area contributed by atoms with E-state index in [1.165, 1.54) is 24.2 Å². The molecule has 152 valence electrons. The molecule has 0 saturated carbocycles. The van der Waals surface area contributed by atoms with Crippen LogP contribution in [0.1, 0.15) is 41.1 Å². The molecule has 0 spiro atoms. The van der Waals surface area contributed by atoms with Gasteiger partial charge < -0.3 is 15.2 Å². The maximum absolute atomic E-state index is 12.3. The van der Waals surface area contributed by atoms with Crippen LogP contribution >= 0.6 is 11.3 Å². The van der Waals surface area contributed by atoms with Gasteiger partial charge in [-0.15, -0.1) is 11.3 Å². The number of carbonyl (C=O) groups is 1. The van der Waals surface area contributed by atoms with Crippen LogP contribution in [0.15, 0.2) is 23.1 Å². The Morgan fingerprint density at radius 1 is 1.31 bits per heavy atom. The molecule has 0 aliphatic carbocycles. The van der Waals surface area contributed by atoms with Gasteiger partial charge >= 0.3 is 0 Å². The molecule has 1 saturated heterocycles. The fourth-order valence-corrected chi connectivity index (χ4v) is 4.68. The average molecular weight is 412 g/mol. The summed E-state index contributed by atoms with van der Waals surface area (Å²) in [5.74, 6) is 1.47. The van der Waals surface area contributed by atoms with Crippen LogP contribution in [0.4, 0.5) is 5.82 Å². The lowest BCUT2D eigenvalue weighted by Gasteiger charge is -2.17. The predicted octanol–water partition coefficient (Wildman–Crippen LogP) is 2.85. The molecule has 0 aromatic carbocycles. The molecular weight excluding hydrogens is 386 g/mol. The third kappa shape index (κ3) is 4.32. The van der Waals surface area contributed by atoms with Crippen molar-refractivity contribution in [3.8, 4) is 0 Å². The normalized spacial score (nSPS) is 13.9. The van der Waals surface area contributed by atoms with Gasteiger partial charge in [0.2, 0.25) is 5.91 Å². The van der Waals surface area contributed by atoms with Gasteiger partial charge in [0, 0.05) is 43.5 Å². The smallest absolute Gasteiger partial charge is 0.259 e. The van der Waals surface area contributed by atoms with E-state index in [1.54, 1.807) is 6.20 Å². The topological polar surface area (TPSA) is 91.0 Å². The molecule has 0 atom stereocenters. The standard InChI is InChI=1S/C21H25N5O2S/c1-13-14(2)29-21-19(13)20(28)24-16(25-21)5-6-18(27)23-12-15-7-8-22-17(11-15)26-9-3-4-10-26/h7-8,11H,3-6,9-10,12H2,1-2H3,(H,23,27)(H,24,25,28). The molecule has 3 aromatic rings. The molecular formula is C21H25N5O2S. The number of pyridine rings is 1. The molecule has 2 N–H and O–H groups in total. The van der Waals surface area contributed by atoms with E-state index >= 15 is 0 Å². The summed E-state index contributed by atoms with van der Waals surface area (Å²) in [6, 6.07) is 3.97. The third-order valence-corrected chi connectivity index (χ3v) is 6.51. The van der Waals surface area contributed by atoms with Gasteiger partial charge in [-0.25, -0.2) is 9.97 Å². The number of H-pyrrole nitrogens is 1. The number of fused-ring (bicyclic) bond motifs is 1. The molecule has 0 unspecified atom stereocenters. The van der Waals surface area contributed by atoms with Gasteiger partial charge in [-0.2, -0.15) is 0 Å². The SMILES string of the molecule is Cc1sc2nc(CCC(=O)NCc3ccnc(N4CCCC4)c3)[nH]c(=O)c2c1C. The van der Waals surface area contributed by atoms with Crippen LogP contribution in [0.5, 0.6) is 0 Å². The van der Waals surface area contributed by atoms with E-state index in [9.17, 15) is 9.59 Å². The summed E-state index contributed by atoms with van der Waals surface area (Å²) in [5, 5.41) is 3.61. The number of carbonyl (C=O) groups excluding carboxylic acids is 1. The van der Waals surface area contributed by atoms with Crippen LogP contribution in [0, 0.1) is 13.8 Å². The highest BCUT2D eigenvalue weighted by Crippen LogP contribution is 2.25. The fraction of sp³-hybridized carbons (Fsp3) is 0.429. The van der Waals surface area contributed by atoms with Crippen molar-refractivity contribution < 1.29 is 4.79 Å². The first kappa shape index (κ1) is 19.6. The first-order valence-corrected chi connectivity index (χ1v) is 10.8. The van der Waals surface area contributed by atoms with Crippen LogP contribution in [0.25, 0.3) is 10.2 Å². The van der Waals surface area contributed by atoms with Gasteiger partial charge in [0.05, 0.1) is 5.39 Å². The van der Waals surface area contributed by atoms with Gasteiger partial charge in [-0.05, 0) is 49.9 Å². The summed E-state index contributed by atoms with van der Waals surface area (Å²) in [6.07, 6.45) is 4.89. The second-order valence-electron chi connectivity index (χ2n) is 7.47. The maximum atomic E-state index is 12.3. The summed E-state index contributed by atoms with van der Waals surface area (Å²) in [4.78, 5) is 40.5. The quantitative estimate of drug-likeness (QED) is 0.651. The molecule has 3 aromatic heterocycles. The number of amides is 1. The number of rotatable bonds is 6. The Morgan fingerprint density at radius 2 is 2.10 bits per heavy atom. The summed E-state index contributed by atoms with van der Waals surface area (Å²) >= 11 is 1.52. The number of aromatic amines is 1. The Balaban J connectivity index is 1.34. The zero-order valence-electron chi connectivity index (χ0n) is 16.7. The third-order valence-electron chi connectivity index (χ3n) is 5.41. The molecule has 7 nitrogen and oxygen atoms in total. The van der Waals surface area contributed by atoms with E-state index < -0.39 is 0 Å². The number of thiophene rings is 1. The molecule has 0 bridgehead atoms. The van der Waals surface area contributed by atoms with Crippen molar-refractivity contribution in [3.05, 3.63) is 50.5 Å². The number of hydrogen-bond donors (Lipinski definition) is 2. The van der Waals surface area contributed by atoms with Crippen molar-refractivity contribution in [1.82, 2.24) is 20.3 Å². The van der Waals surface area contributed by atoms with Gasteiger partial charge in [0.25, 0.3) is 5.56 Å². The highest BCUT2D eigenvalue weighted by atomic mass is 32.1. The Hall–Kier alpha value is -2.74. The van der Waals surface area contributed by atoms with Crippen LogP contribution in [0.2, 0.25) is 0 Å². The summed E-state index contributed by atoms with van der Waals surface area (Å²) in [5.41, 5.74) is 1.89. The monoisotopic (exact) mass is 411 g/mol. The van der Waals surface area contributed by atoms with E-state index in [0.717, 1.165) is 39.7 Å². The molecule has 1 aliphatic heterocycles. The van der Waals surface area contributed by atoms with Crippen LogP contribution < -0.4 is 15.8 Å². The van der Waals surface area contributed by atoms with Crippen molar-refractivity contribution in [2.24, 2.45) is 0 Å². The minimum atomic E-state index is -0.126. The molecule has 4 heterocycles. The number of hydrogen-bond acceptors (Lipinski definition) is 6. The molecule has 4 rings (SSSR count). The van der Waals surface area contributed by atoms with E-state index in [0.29, 0.717) is 24.2 Å². The van der Waals surface area contributed by atoms with E-state index in [2.05, 4.69) is 25.2 Å². The number of anilines is 1. The van der Waals surface area contributed by atoms with Crippen molar-refractivity contribution in [2.45, 2.75) is 46.1 Å². The molecule has 1 amide bonds. The minimum Gasteiger partial charge on any atom is -0.357 e. The largest absolute Gasteiger partial charge is 0.357 e. The predicted molar refractivity (Wildman–Crippen MR) is 116 cm³/mol. The van der Waals surface area contributed by atoms with E-state index in [1.807, 2.05) is 26.0 Å². The second kappa shape index (κ2) is 8.32. The highest BCUT2D eigenvalue weighted by Gasteiger charge is 2.14. The molecule has 8 heteroatoms. The van der Waals surface area contributed by atoms with E-state index in [-0.39, 0.29) is 17.9 Å². The molecule has 29 heavy (non-hydrogen) atoms. The van der Waals surface area contributed by atoms with Crippen LogP contribution in [-0.2, 0) is 17.8 Å². The minimum absolute atomic E-state index is 0.0641. The van der Waals surface area contributed by atoms with Crippen molar-refractivity contribution in [2.75, 3.05) is 18.0 Å². The second-order valence-corrected chi connectivity index (χ2v) is 8.67. The van der Waals surface area contributed by atoms with Gasteiger partial charge in [0.1, 0.15) is 16.5 Å². The van der Waals surface area contributed by atoms with Crippen molar-refractivity contribution in [1.29, 1.82) is 0 Å². The maximum Gasteiger partial charge on any atom is 0.259 e. The lowest BCUT2D eigenvalue weighted by molar-refractivity contribution is -0.121. The lowest BCUT2D eigenvalue weighted by atomic mass is 10.2. The zero-order valence-corrected chi connectivity index (χ0v) is 17.6. The first-order valence-electron chi connectivity index (χ1n) is 9.97. The lowest BCUT2D eigenvalue weighted by Crippen LogP contribution is -2.24. The van der Waals surface area contributed by atoms with E-state index in [4.69, 9.17) is 0 Å². The molecule has 1 fully saturated rings. The Morgan fingerprint density at radius 3 is 2.90 bits per heavy atom. The fourth-order valence-electron chi connectivity index (χ4n) is 3.63. The average Bonchev–Trinajstić information content (AvgIpc) is 3.34. The van der Waals surface area contributed by atoms with Gasteiger partial charge in [-0.3, -0.25) is 9.59 Å². The summed E-state index contributed by atoms with van der Waals surface area (Å²) in [6.45, 7) is 6.48. The first-order chi connectivity index (χ1) is 14.0. The van der Waals surface area contributed by atoms with Crippen LogP contribution in [0.3, 0.4) is 0 Å². The number of aryl methyl sites for hydroxylation is 3. The molecule has 1 aliphatic rings. The van der Waals surface area contributed by atoms with Crippen molar-refractivity contribution in [3.63, 3.8) is 0 Å². The van der Waals surface area contributed by atoms with Gasteiger partial charge in [0.15, 0.2) is 0 Å². The van der Waals surface area contributed by atoms with Gasteiger partial charge in [-0.1, -0.05) is 0 Å². The summed E-state index contributed by atoms with van der Waals surface area (Å²) < 4.78 is 0. The Labute approximate surface area is 173 Å². The Kier molecular flexibility index (Phi) is 5.62. The number of nitrogens with one attached hydrogen (secondary N) is 2.